The summed E-state index contributed by atoms with van der Waals surface area (Å²) in [6.45, 7) is 1.94. The van der Waals surface area contributed by atoms with Crippen molar-refractivity contribution >= 4 is 17.3 Å². The van der Waals surface area contributed by atoms with Crippen molar-refractivity contribution in [3.05, 3.63) is 38.9 Å². The van der Waals surface area contributed by atoms with Crippen molar-refractivity contribution < 1.29 is 9.66 Å². The molecule has 0 saturated carbocycles. The summed E-state index contributed by atoms with van der Waals surface area (Å²) >= 11 is 5.77. The molecule has 1 unspecified atom stereocenters. The van der Waals surface area contributed by atoms with Crippen LogP contribution in [0.25, 0.3) is 0 Å². The summed E-state index contributed by atoms with van der Waals surface area (Å²) in [5.74, 6) is 0. The molecule has 1 N–H and O–H groups in total. The fraction of sp³-hybridized carbons (Fsp3) is 0.571. The van der Waals surface area contributed by atoms with E-state index in [1.165, 1.54) is 25.3 Å². The summed E-state index contributed by atoms with van der Waals surface area (Å²) in [5.41, 5.74) is 0.587. The van der Waals surface area contributed by atoms with Gasteiger partial charge in [-0.15, -0.1) is 0 Å². The number of halogens is 1. The Kier molecular flexibility index (Phi) is 5.76. The smallest absolute Gasteiger partial charge is 0.276 e. The Morgan fingerprint density at radius 1 is 1.45 bits per heavy atom. The maximum atomic E-state index is 10.9. The summed E-state index contributed by atoms with van der Waals surface area (Å²) in [7, 11) is 0. The van der Waals surface area contributed by atoms with Crippen LogP contribution >= 0.6 is 11.6 Å². The number of rotatable bonds is 6. The number of nitro benzene ring substituents is 1. The standard InChI is InChI=1S/C14H19ClN2O3/c15-12-5-4-11(14(9-12)17(18)19)10-20-8-6-13-3-1-2-7-16-13/h4-5,9,13,16H,1-3,6-8,10H2. The zero-order chi connectivity index (χ0) is 14.4. The molecule has 1 aliphatic rings. The second-order valence-corrected chi connectivity index (χ2v) is 5.45. The van der Waals surface area contributed by atoms with E-state index in [9.17, 15) is 10.1 Å². The van der Waals surface area contributed by atoms with Crippen LogP contribution in [0.1, 0.15) is 31.2 Å². The Bertz CT molecular complexity index is 462. The average molecular weight is 299 g/mol. The SMILES string of the molecule is O=[N+]([O-])c1cc(Cl)ccc1COCCC1CCCCN1. The molecular formula is C14H19ClN2O3. The summed E-state index contributed by atoms with van der Waals surface area (Å²) in [6, 6.07) is 5.18. The van der Waals surface area contributed by atoms with Gasteiger partial charge in [0.25, 0.3) is 5.69 Å². The minimum atomic E-state index is -0.423. The van der Waals surface area contributed by atoms with Gasteiger partial charge in [-0.2, -0.15) is 0 Å². The third-order valence-electron chi connectivity index (χ3n) is 3.52. The number of benzene rings is 1. The van der Waals surface area contributed by atoms with Crippen molar-refractivity contribution in [3.63, 3.8) is 0 Å². The minimum absolute atomic E-state index is 0.0216. The van der Waals surface area contributed by atoms with Crippen LogP contribution in [0.4, 0.5) is 5.69 Å². The van der Waals surface area contributed by atoms with E-state index in [1.807, 2.05) is 0 Å². The summed E-state index contributed by atoms with van der Waals surface area (Å²) in [5, 5.41) is 14.8. The Hall–Kier alpha value is -1.17. The number of ether oxygens (including phenoxy) is 1. The minimum Gasteiger partial charge on any atom is -0.376 e. The van der Waals surface area contributed by atoms with E-state index in [1.54, 1.807) is 12.1 Å². The van der Waals surface area contributed by atoms with Gasteiger partial charge in [-0.25, -0.2) is 0 Å². The van der Waals surface area contributed by atoms with Crippen LogP contribution in [0.15, 0.2) is 18.2 Å². The first-order chi connectivity index (χ1) is 9.66. The highest BCUT2D eigenvalue weighted by atomic mass is 35.5. The Morgan fingerprint density at radius 2 is 2.30 bits per heavy atom. The Morgan fingerprint density at radius 3 is 3.00 bits per heavy atom. The molecule has 1 saturated heterocycles. The third kappa shape index (κ3) is 4.44. The number of piperidine rings is 1. The van der Waals surface area contributed by atoms with E-state index in [-0.39, 0.29) is 12.3 Å². The highest BCUT2D eigenvalue weighted by molar-refractivity contribution is 6.30. The molecular weight excluding hydrogens is 280 g/mol. The fourth-order valence-corrected chi connectivity index (χ4v) is 2.57. The molecule has 1 aliphatic heterocycles. The van der Waals surface area contributed by atoms with Gasteiger partial charge in [-0.3, -0.25) is 10.1 Å². The van der Waals surface area contributed by atoms with Gasteiger partial charge in [-0.1, -0.05) is 18.0 Å². The van der Waals surface area contributed by atoms with E-state index < -0.39 is 4.92 Å². The lowest BCUT2D eigenvalue weighted by atomic mass is 10.0. The maximum Gasteiger partial charge on any atom is 0.276 e. The number of hydrogen-bond donors (Lipinski definition) is 1. The average Bonchev–Trinajstić information content (AvgIpc) is 2.45. The lowest BCUT2D eigenvalue weighted by molar-refractivity contribution is -0.385. The Balaban J connectivity index is 1.80. The second-order valence-electron chi connectivity index (χ2n) is 5.02. The van der Waals surface area contributed by atoms with Crippen molar-refractivity contribution in [2.45, 2.75) is 38.3 Å². The van der Waals surface area contributed by atoms with Crippen LogP contribution in [0, 0.1) is 10.1 Å². The second kappa shape index (κ2) is 7.57. The van der Waals surface area contributed by atoms with E-state index in [0.29, 0.717) is 23.2 Å². The number of nitrogens with zero attached hydrogens (tertiary/aromatic N) is 1. The summed E-state index contributed by atoms with van der Waals surface area (Å²) in [4.78, 5) is 10.5. The van der Waals surface area contributed by atoms with Crippen molar-refractivity contribution in [2.24, 2.45) is 0 Å². The number of hydrogen-bond acceptors (Lipinski definition) is 4. The fourth-order valence-electron chi connectivity index (χ4n) is 2.41. The first kappa shape index (κ1) is 15.2. The van der Waals surface area contributed by atoms with Gasteiger partial charge in [0.2, 0.25) is 0 Å². The number of nitrogens with one attached hydrogen (secondary N) is 1. The van der Waals surface area contributed by atoms with Crippen molar-refractivity contribution in [2.75, 3.05) is 13.2 Å². The molecule has 0 aliphatic carbocycles. The maximum absolute atomic E-state index is 10.9. The van der Waals surface area contributed by atoms with Gasteiger partial charge in [-0.05, 0) is 37.9 Å². The largest absolute Gasteiger partial charge is 0.376 e. The third-order valence-corrected chi connectivity index (χ3v) is 3.76. The molecule has 1 aromatic rings. The summed E-state index contributed by atoms with van der Waals surface area (Å²) < 4.78 is 5.57. The quantitative estimate of drug-likeness (QED) is 0.497. The predicted molar refractivity (Wildman–Crippen MR) is 78.0 cm³/mol. The van der Waals surface area contributed by atoms with E-state index in [4.69, 9.17) is 16.3 Å². The summed E-state index contributed by atoms with van der Waals surface area (Å²) in [6.07, 6.45) is 4.64. The molecule has 110 valence electrons. The van der Waals surface area contributed by atoms with E-state index in [2.05, 4.69) is 5.32 Å². The van der Waals surface area contributed by atoms with Crippen LogP contribution in [0.2, 0.25) is 5.02 Å². The molecule has 1 fully saturated rings. The highest BCUT2D eigenvalue weighted by Crippen LogP contribution is 2.24. The molecule has 0 spiro atoms. The van der Waals surface area contributed by atoms with Gasteiger partial charge in [0, 0.05) is 23.7 Å². The van der Waals surface area contributed by atoms with Gasteiger partial charge in [0.05, 0.1) is 17.1 Å². The van der Waals surface area contributed by atoms with Gasteiger partial charge >= 0.3 is 0 Å². The van der Waals surface area contributed by atoms with Crippen LogP contribution in [0.3, 0.4) is 0 Å². The zero-order valence-electron chi connectivity index (χ0n) is 11.3. The predicted octanol–water partition coefficient (Wildman–Crippen LogP) is 3.30. The lowest BCUT2D eigenvalue weighted by Crippen LogP contribution is -2.34. The van der Waals surface area contributed by atoms with E-state index >= 15 is 0 Å². The molecule has 0 radical (unpaired) electrons. The van der Waals surface area contributed by atoms with Crippen LogP contribution in [-0.4, -0.2) is 24.1 Å². The van der Waals surface area contributed by atoms with Crippen LogP contribution < -0.4 is 5.32 Å². The molecule has 0 bridgehead atoms. The topological polar surface area (TPSA) is 64.4 Å². The van der Waals surface area contributed by atoms with Gasteiger partial charge < -0.3 is 10.1 Å². The first-order valence-electron chi connectivity index (χ1n) is 6.91. The van der Waals surface area contributed by atoms with Crippen molar-refractivity contribution in [3.8, 4) is 0 Å². The van der Waals surface area contributed by atoms with Crippen LogP contribution in [-0.2, 0) is 11.3 Å². The van der Waals surface area contributed by atoms with Crippen molar-refractivity contribution in [1.82, 2.24) is 5.32 Å². The molecule has 0 amide bonds. The molecule has 1 heterocycles. The van der Waals surface area contributed by atoms with Gasteiger partial charge in [0.1, 0.15) is 0 Å². The van der Waals surface area contributed by atoms with Crippen molar-refractivity contribution in [1.29, 1.82) is 0 Å². The normalized spacial score (nSPS) is 18.9. The lowest BCUT2D eigenvalue weighted by Gasteiger charge is -2.23. The van der Waals surface area contributed by atoms with Crippen LogP contribution in [0.5, 0.6) is 0 Å². The monoisotopic (exact) mass is 298 g/mol. The Labute approximate surface area is 123 Å². The molecule has 6 heteroatoms. The zero-order valence-corrected chi connectivity index (χ0v) is 12.1. The molecule has 0 aromatic heterocycles. The molecule has 20 heavy (non-hydrogen) atoms. The molecule has 5 nitrogen and oxygen atoms in total. The molecule has 1 aromatic carbocycles. The first-order valence-corrected chi connectivity index (χ1v) is 7.28. The molecule has 2 rings (SSSR count). The van der Waals surface area contributed by atoms with Gasteiger partial charge in [0.15, 0.2) is 0 Å². The molecule has 1 atom stereocenters. The highest BCUT2D eigenvalue weighted by Gasteiger charge is 2.15. The number of nitro groups is 1. The van der Waals surface area contributed by atoms with E-state index in [0.717, 1.165) is 13.0 Å².